The number of methoxy groups -OCH3 is 2. The molecule has 2 rings (SSSR count). The number of rotatable bonds is 10. The number of anilines is 1. The van der Waals surface area contributed by atoms with Gasteiger partial charge in [0.1, 0.15) is 0 Å². The Hall–Kier alpha value is -2.61. The van der Waals surface area contributed by atoms with E-state index in [1.165, 1.54) is 32.6 Å². The number of phenols is 1. The van der Waals surface area contributed by atoms with Gasteiger partial charge in [0.2, 0.25) is 11.7 Å². The van der Waals surface area contributed by atoms with Gasteiger partial charge in [-0.2, -0.15) is 0 Å². The van der Waals surface area contributed by atoms with E-state index in [2.05, 4.69) is 15.3 Å². The molecule has 10 heteroatoms. The predicted octanol–water partition coefficient (Wildman–Crippen LogP) is 4.65. The maximum absolute atomic E-state index is 13.9. The summed E-state index contributed by atoms with van der Waals surface area (Å²) in [7, 11) is -1.01. The van der Waals surface area contributed by atoms with Crippen molar-refractivity contribution in [2.75, 3.05) is 19.5 Å². The number of ether oxygens (including phenoxy) is 2. The largest absolute Gasteiger partial charge is 0.502 e. The van der Waals surface area contributed by atoms with Crippen molar-refractivity contribution in [3.8, 4) is 17.2 Å². The van der Waals surface area contributed by atoms with E-state index in [1.807, 2.05) is 0 Å². The summed E-state index contributed by atoms with van der Waals surface area (Å²) < 4.78 is 35.9. The molecule has 0 fully saturated rings. The molecular formula is C20H28N3O6P. The number of hydrogen-bond donors (Lipinski definition) is 2. The number of nitrogens with zero attached hydrogens (tertiary/aromatic N) is 2. The van der Waals surface area contributed by atoms with Crippen LogP contribution in [0.5, 0.6) is 17.2 Å². The normalized spacial score (nSPS) is 12.3. The third-order valence-corrected chi connectivity index (χ3v) is 6.05. The molecule has 164 valence electrons. The SMILES string of the molecule is COc1cc(/C(=C\Nc2ncccn2)P(=O)(OC(C)C)OC(C)C)cc(OC)c1O. The molecule has 1 aromatic carbocycles. The van der Waals surface area contributed by atoms with Crippen LogP contribution in [0.1, 0.15) is 33.3 Å². The van der Waals surface area contributed by atoms with Gasteiger partial charge < -0.3 is 28.9 Å². The van der Waals surface area contributed by atoms with E-state index < -0.39 is 7.60 Å². The van der Waals surface area contributed by atoms with Crippen LogP contribution in [0.3, 0.4) is 0 Å². The second kappa shape index (κ2) is 10.4. The highest BCUT2D eigenvalue weighted by molar-refractivity contribution is 7.65. The zero-order chi connectivity index (χ0) is 22.3. The van der Waals surface area contributed by atoms with Crippen molar-refractivity contribution in [2.24, 2.45) is 0 Å². The summed E-state index contributed by atoms with van der Waals surface area (Å²) in [4.78, 5) is 8.20. The number of phenolic OH excluding ortho intramolecular Hbond substituents is 1. The molecule has 0 saturated carbocycles. The van der Waals surface area contributed by atoms with Gasteiger partial charge in [-0.3, -0.25) is 4.57 Å². The van der Waals surface area contributed by atoms with E-state index >= 15 is 0 Å². The van der Waals surface area contributed by atoms with Crippen LogP contribution in [0.4, 0.5) is 5.95 Å². The number of hydrogen-bond acceptors (Lipinski definition) is 9. The zero-order valence-corrected chi connectivity index (χ0v) is 18.8. The monoisotopic (exact) mass is 437 g/mol. The van der Waals surface area contributed by atoms with Gasteiger partial charge >= 0.3 is 7.60 Å². The van der Waals surface area contributed by atoms with Crippen LogP contribution in [0.2, 0.25) is 0 Å². The van der Waals surface area contributed by atoms with Crippen LogP contribution in [-0.2, 0) is 13.6 Å². The molecule has 0 aliphatic rings. The quantitative estimate of drug-likeness (QED) is 0.513. The van der Waals surface area contributed by atoms with E-state index in [0.29, 0.717) is 11.5 Å². The predicted molar refractivity (Wildman–Crippen MR) is 115 cm³/mol. The van der Waals surface area contributed by atoms with Crippen molar-refractivity contribution in [3.63, 3.8) is 0 Å². The Morgan fingerprint density at radius 2 is 1.53 bits per heavy atom. The average Bonchev–Trinajstić information content (AvgIpc) is 2.68. The first-order valence-electron chi connectivity index (χ1n) is 9.36. The first-order chi connectivity index (χ1) is 14.2. The minimum Gasteiger partial charge on any atom is -0.502 e. The summed E-state index contributed by atoms with van der Waals surface area (Å²) in [5, 5.41) is 13.4. The van der Waals surface area contributed by atoms with Crippen molar-refractivity contribution < 1.29 is 28.2 Å². The van der Waals surface area contributed by atoms with Crippen molar-refractivity contribution in [1.82, 2.24) is 9.97 Å². The van der Waals surface area contributed by atoms with Gasteiger partial charge in [-0.25, -0.2) is 9.97 Å². The van der Waals surface area contributed by atoms with E-state index in [9.17, 15) is 9.67 Å². The molecule has 9 nitrogen and oxygen atoms in total. The fraction of sp³-hybridized carbons (Fsp3) is 0.400. The second-order valence-electron chi connectivity index (χ2n) is 6.78. The first kappa shape index (κ1) is 23.7. The summed E-state index contributed by atoms with van der Waals surface area (Å²) in [6.07, 6.45) is 3.85. The summed E-state index contributed by atoms with van der Waals surface area (Å²) in [6, 6.07) is 4.73. The van der Waals surface area contributed by atoms with Gasteiger partial charge in [-0.05, 0) is 51.5 Å². The average molecular weight is 437 g/mol. The minimum atomic E-state index is -3.83. The molecule has 0 atom stereocenters. The lowest BCUT2D eigenvalue weighted by Gasteiger charge is -2.25. The lowest BCUT2D eigenvalue weighted by molar-refractivity contribution is 0.150. The maximum Gasteiger partial charge on any atom is 0.363 e. The fourth-order valence-corrected chi connectivity index (χ4v) is 4.62. The smallest absolute Gasteiger partial charge is 0.363 e. The van der Waals surface area contributed by atoms with E-state index in [4.69, 9.17) is 18.5 Å². The van der Waals surface area contributed by atoms with Gasteiger partial charge in [0.15, 0.2) is 11.5 Å². The van der Waals surface area contributed by atoms with Crippen molar-refractivity contribution >= 4 is 18.9 Å². The van der Waals surface area contributed by atoms with Gasteiger partial charge in [-0.1, -0.05) is 0 Å². The lowest BCUT2D eigenvalue weighted by atomic mass is 10.1. The fourth-order valence-electron chi connectivity index (χ4n) is 2.56. The van der Waals surface area contributed by atoms with Crippen LogP contribution in [0, 0.1) is 0 Å². The molecule has 2 aromatic rings. The summed E-state index contributed by atoms with van der Waals surface area (Å²) in [5.41, 5.74) is 0.412. The Bertz CT molecular complexity index is 879. The topological polar surface area (TPSA) is 112 Å². The number of benzene rings is 1. The third-order valence-electron chi connectivity index (χ3n) is 3.67. The molecule has 0 amide bonds. The Balaban J connectivity index is 2.67. The molecule has 0 aliphatic heterocycles. The standard InChI is InChI=1S/C20H28N3O6P/c1-13(2)28-30(25,29-14(3)4)18(12-23-20-21-8-7-9-22-20)15-10-16(26-5)19(24)17(11-15)27-6/h7-14,24H,1-6H3,(H,21,22,23)/b18-12+. The van der Waals surface area contributed by atoms with Crippen LogP contribution in [0.15, 0.2) is 36.8 Å². The minimum absolute atomic E-state index is 0.145. The summed E-state index contributed by atoms with van der Waals surface area (Å²) >= 11 is 0. The third kappa shape index (κ3) is 5.95. The van der Waals surface area contributed by atoms with E-state index in [1.54, 1.807) is 46.2 Å². The van der Waals surface area contributed by atoms with Crippen molar-refractivity contribution in [3.05, 3.63) is 42.4 Å². The summed E-state index contributed by atoms with van der Waals surface area (Å²) in [5.74, 6) is 0.416. The molecule has 0 saturated heterocycles. The molecule has 1 heterocycles. The maximum atomic E-state index is 13.9. The van der Waals surface area contributed by atoms with E-state index in [-0.39, 0.29) is 34.8 Å². The van der Waals surface area contributed by atoms with Crippen LogP contribution < -0.4 is 14.8 Å². The first-order valence-corrected chi connectivity index (χ1v) is 10.9. The number of aromatic nitrogens is 2. The zero-order valence-electron chi connectivity index (χ0n) is 17.9. The number of aromatic hydroxyl groups is 1. The lowest BCUT2D eigenvalue weighted by Crippen LogP contribution is -2.10. The van der Waals surface area contributed by atoms with Gasteiger partial charge in [-0.15, -0.1) is 0 Å². The second-order valence-corrected chi connectivity index (χ2v) is 8.68. The molecule has 0 bridgehead atoms. The van der Waals surface area contributed by atoms with Crippen LogP contribution in [-0.4, -0.2) is 41.5 Å². The van der Waals surface area contributed by atoms with Crippen LogP contribution >= 0.6 is 7.60 Å². The van der Waals surface area contributed by atoms with Crippen LogP contribution in [0.25, 0.3) is 5.31 Å². The highest BCUT2D eigenvalue weighted by atomic mass is 31.2. The Labute approximate surface area is 176 Å². The molecule has 0 spiro atoms. The summed E-state index contributed by atoms with van der Waals surface area (Å²) in [6.45, 7) is 7.05. The van der Waals surface area contributed by atoms with Gasteiger partial charge in [0.05, 0.1) is 31.7 Å². The van der Waals surface area contributed by atoms with Gasteiger partial charge in [0, 0.05) is 18.6 Å². The Morgan fingerprint density at radius 3 is 1.97 bits per heavy atom. The molecule has 0 aliphatic carbocycles. The Morgan fingerprint density at radius 1 is 1.03 bits per heavy atom. The van der Waals surface area contributed by atoms with Crippen molar-refractivity contribution in [1.29, 1.82) is 0 Å². The Kier molecular flexibility index (Phi) is 8.23. The molecule has 0 unspecified atom stereocenters. The molecule has 2 N–H and O–H groups in total. The molecular weight excluding hydrogens is 409 g/mol. The highest BCUT2D eigenvalue weighted by Gasteiger charge is 2.35. The van der Waals surface area contributed by atoms with E-state index in [0.717, 1.165) is 0 Å². The highest BCUT2D eigenvalue weighted by Crippen LogP contribution is 2.62. The number of nitrogens with one attached hydrogen (secondary N) is 1. The van der Waals surface area contributed by atoms with Crippen molar-refractivity contribution in [2.45, 2.75) is 39.9 Å². The molecule has 0 radical (unpaired) electrons. The molecule has 30 heavy (non-hydrogen) atoms. The van der Waals surface area contributed by atoms with Gasteiger partial charge in [0.25, 0.3) is 0 Å². The molecule has 1 aromatic heterocycles.